The summed E-state index contributed by atoms with van der Waals surface area (Å²) in [4.78, 5) is 26.4. The number of amides is 1. The summed E-state index contributed by atoms with van der Waals surface area (Å²) in [5.74, 6) is 0.161. The lowest BCUT2D eigenvalue weighted by atomic mass is 9.81. The molecule has 0 N–H and O–H groups in total. The van der Waals surface area contributed by atoms with Crippen molar-refractivity contribution in [1.29, 1.82) is 0 Å². The fourth-order valence-electron chi connectivity index (χ4n) is 3.50. The van der Waals surface area contributed by atoms with Gasteiger partial charge in [0.15, 0.2) is 0 Å². The van der Waals surface area contributed by atoms with Gasteiger partial charge >= 0.3 is 5.97 Å². The first kappa shape index (κ1) is 16.3. The summed E-state index contributed by atoms with van der Waals surface area (Å²) in [6, 6.07) is 1.73. The Kier molecular flexibility index (Phi) is 4.10. The summed E-state index contributed by atoms with van der Waals surface area (Å²) in [6.45, 7) is 1.57. The number of hydrogen-bond acceptors (Lipinski definition) is 6. The predicted molar refractivity (Wildman–Crippen MR) is 80.4 cm³/mol. The molecule has 126 valence electrons. The SMILES string of the molecule is COC(=O)[C@@]12COC[C@@H]1CN(C(=O)c1cc(C3CC3)no1)C2.Cl. The number of esters is 1. The van der Waals surface area contributed by atoms with Crippen LogP contribution in [0.4, 0.5) is 0 Å². The van der Waals surface area contributed by atoms with Crippen LogP contribution in [0.1, 0.15) is 35.0 Å². The predicted octanol–water partition coefficient (Wildman–Crippen LogP) is 1.24. The summed E-state index contributed by atoms with van der Waals surface area (Å²) in [5.41, 5.74) is 0.123. The Hall–Kier alpha value is -1.60. The van der Waals surface area contributed by atoms with Gasteiger partial charge in [-0.05, 0) is 12.8 Å². The molecule has 2 atom stereocenters. The smallest absolute Gasteiger partial charge is 0.316 e. The minimum absolute atomic E-state index is 0. The number of carbonyl (C=O) groups is 2. The van der Waals surface area contributed by atoms with Crippen molar-refractivity contribution < 1.29 is 23.6 Å². The Morgan fingerprint density at radius 3 is 2.91 bits per heavy atom. The number of likely N-dealkylation sites (tertiary alicyclic amines) is 1. The third-order valence-electron chi connectivity index (χ3n) is 4.99. The van der Waals surface area contributed by atoms with Crippen molar-refractivity contribution in [3.05, 3.63) is 17.5 Å². The second-order valence-corrected chi connectivity index (χ2v) is 6.44. The van der Waals surface area contributed by atoms with Crippen LogP contribution in [-0.4, -0.2) is 55.3 Å². The van der Waals surface area contributed by atoms with Gasteiger partial charge in [-0.3, -0.25) is 9.59 Å². The fourth-order valence-corrected chi connectivity index (χ4v) is 3.50. The van der Waals surface area contributed by atoms with Crippen molar-refractivity contribution in [2.45, 2.75) is 18.8 Å². The van der Waals surface area contributed by atoms with Gasteiger partial charge in [0.1, 0.15) is 5.41 Å². The zero-order chi connectivity index (χ0) is 15.3. The van der Waals surface area contributed by atoms with Crippen LogP contribution in [0.3, 0.4) is 0 Å². The molecule has 0 spiro atoms. The summed E-state index contributed by atoms with van der Waals surface area (Å²) in [6.07, 6.45) is 2.21. The van der Waals surface area contributed by atoms with Gasteiger partial charge in [0.2, 0.25) is 5.76 Å². The number of halogens is 1. The maximum Gasteiger partial charge on any atom is 0.316 e. The van der Waals surface area contributed by atoms with Crippen molar-refractivity contribution in [3.8, 4) is 0 Å². The van der Waals surface area contributed by atoms with Gasteiger partial charge in [0.05, 0.1) is 26.0 Å². The fraction of sp³-hybridized carbons (Fsp3) is 0.667. The molecule has 0 unspecified atom stereocenters. The lowest BCUT2D eigenvalue weighted by molar-refractivity contribution is -0.153. The quantitative estimate of drug-likeness (QED) is 0.769. The maximum atomic E-state index is 12.6. The Bertz CT molecular complexity index is 629. The highest BCUT2D eigenvalue weighted by Gasteiger charge is 2.58. The first-order valence-electron chi connectivity index (χ1n) is 7.56. The summed E-state index contributed by atoms with van der Waals surface area (Å²) >= 11 is 0. The van der Waals surface area contributed by atoms with Crippen LogP contribution in [-0.2, 0) is 14.3 Å². The van der Waals surface area contributed by atoms with E-state index in [9.17, 15) is 9.59 Å². The first-order chi connectivity index (χ1) is 10.6. The van der Waals surface area contributed by atoms with Crippen LogP contribution >= 0.6 is 12.4 Å². The Morgan fingerprint density at radius 2 is 2.22 bits per heavy atom. The van der Waals surface area contributed by atoms with E-state index in [2.05, 4.69) is 5.16 Å². The number of methoxy groups -OCH3 is 1. The average molecular weight is 343 g/mol. The van der Waals surface area contributed by atoms with Gasteiger partial charge in [0.25, 0.3) is 5.91 Å². The van der Waals surface area contributed by atoms with E-state index in [1.54, 1.807) is 11.0 Å². The first-order valence-corrected chi connectivity index (χ1v) is 7.56. The zero-order valence-corrected chi connectivity index (χ0v) is 13.6. The molecular formula is C15H19ClN2O5. The highest BCUT2D eigenvalue weighted by Crippen LogP contribution is 2.43. The van der Waals surface area contributed by atoms with E-state index >= 15 is 0 Å². The van der Waals surface area contributed by atoms with Crippen LogP contribution in [0, 0.1) is 11.3 Å². The standard InChI is InChI=1S/C15H18N2O5.ClH/c1-20-14(19)15-7-17(5-10(15)6-21-8-15)13(18)12-4-11(16-22-12)9-2-3-9;/h4,9-10H,2-3,5-8H2,1H3;1H/t10-,15-;/m0./s1. The average Bonchev–Trinajstić information content (AvgIpc) is 2.98. The molecule has 3 fully saturated rings. The Morgan fingerprint density at radius 1 is 1.43 bits per heavy atom. The molecule has 2 aliphatic heterocycles. The second kappa shape index (κ2) is 5.79. The lowest BCUT2D eigenvalue weighted by Crippen LogP contribution is -2.40. The number of aromatic nitrogens is 1. The van der Waals surface area contributed by atoms with Gasteiger partial charge in [-0.15, -0.1) is 12.4 Å². The van der Waals surface area contributed by atoms with Crippen LogP contribution in [0.2, 0.25) is 0 Å². The van der Waals surface area contributed by atoms with Crippen LogP contribution < -0.4 is 0 Å². The van der Waals surface area contributed by atoms with Crippen molar-refractivity contribution in [2.24, 2.45) is 11.3 Å². The van der Waals surface area contributed by atoms with Crippen molar-refractivity contribution in [2.75, 3.05) is 33.4 Å². The largest absolute Gasteiger partial charge is 0.468 e. The molecule has 7 nitrogen and oxygen atoms in total. The molecule has 0 aromatic carbocycles. The monoisotopic (exact) mass is 342 g/mol. The van der Waals surface area contributed by atoms with E-state index in [-0.39, 0.29) is 36.0 Å². The molecule has 23 heavy (non-hydrogen) atoms. The number of hydrogen-bond donors (Lipinski definition) is 0. The van der Waals surface area contributed by atoms with Gasteiger partial charge in [-0.25, -0.2) is 0 Å². The van der Waals surface area contributed by atoms with Gasteiger partial charge < -0.3 is 18.9 Å². The third kappa shape index (κ3) is 2.52. The van der Waals surface area contributed by atoms with E-state index < -0.39 is 5.41 Å². The molecule has 1 saturated carbocycles. The minimum Gasteiger partial charge on any atom is -0.468 e. The molecule has 1 aliphatic carbocycles. The third-order valence-corrected chi connectivity index (χ3v) is 4.99. The maximum absolute atomic E-state index is 12.6. The van der Waals surface area contributed by atoms with Crippen molar-refractivity contribution >= 4 is 24.3 Å². The molecule has 4 rings (SSSR count). The number of ether oxygens (including phenoxy) is 2. The lowest BCUT2D eigenvalue weighted by Gasteiger charge is -2.23. The molecule has 2 saturated heterocycles. The molecule has 8 heteroatoms. The van der Waals surface area contributed by atoms with E-state index in [1.807, 2.05) is 0 Å². The molecule has 0 bridgehead atoms. The van der Waals surface area contributed by atoms with Crippen LogP contribution in [0.5, 0.6) is 0 Å². The van der Waals surface area contributed by atoms with Gasteiger partial charge in [-0.1, -0.05) is 5.16 Å². The molecule has 0 radical (unpaired) electrons. The molecule has 1 aromatic heterocycles. The zero-order valence-electron chi connectivity index (χ0n) is 12.8. The van der Waals surface area contributed by atoms with Gasteiger partial charge in [-0.2, -0.15) is 0 Å². The van der Waals surface area contributed by atoms with E-state index in [0.29, 0.717) is 32.2 Å². The summed E-state index contributed by atoms with van der Waals surface area (Å²) in [7, 11) is 1.37. The highest BCUT2D eigenvalue weighted by atomic mass is 35.5. The minimum atomic E-state index is -0.732. The molecule has 1 amide bonds. The van der Waals surface area contributed by atoms with Crippen molar-refractivity contribution in [3.63, 3.8) is 0 Å². The summed E-state index contributed by atoms with van der Waals surface area (Å²) < 4.78 is 15.6. The van der Waals surface area contributed by atoms with E-state index in [4.69, 9.17) is 14.0 Å². The normalized spacial score (nSPS) is 29.1. The molecule has 3 aliphatic rings. The Balaban J connectivity index is 0.00000156. The number of rotatable bonds is 3. The van der Waals surface area contributed by atoms with Crippen LogP contribution in [0.15, 0.2) is 10.6 Å². The molecule has 1 aromatic rings. The molecule has 3 heterocycles. The van der Waals surface area contributed by atoms with Crippen LogP contribution in [0.25, 0.3) is 0 Å². The van der Waals surface area contributed by atoms with E-state index in [0.717, 1.165) is 18.5 Å². The number of carbonyl (C=O) groups excluding carboxylic acids is 2. The number of nitrogens with zero attached hydrogens (tertiary/aromatic N) is 2. The number of fused-ring (bicyclic) bond motifs is 1. The van der Waals surface area contributed by atoms with Gasteiger partial charge in [0, 0.05) is 31.0 Å². The molecular weight excluding hydrogens is 324 g/mol. The van der Waals surface area contributed by atoms with Crippen molar-refractivity contribution in [1.82, 2.24) is 10.1 Å². The highest BCUT2D eigenvalue weighted by molar-refractivity contribution is 5.93. The topological polar surface area (TPSA) is 81.9 Å². The van der Waals surface area contributed by atoms with E-state index in [1.165, 1.54) is 7.11 Å². The summed E-state index contributed by atoms with van der Waals surface area (Å²) in [5, 5.41) is 3.97. The second-order valence-electron chi connectivity index (χ2n) is 6.44. The Labute approximate surface area is 139 Å².